The number of azo groups is 1. The molecule has 1 aromatic heterocycles. The van der Waals surface area contributed by atoms with Crippen molar-refractivity contribution in [3.63, 3.8) is 0 Å². The molecule has 0 atom stereocenters. The number of thioether (sulfide) groups is 2. The van der Waals surface area contributed by atoms with Gasteiger partial charge in [-0.2, -0.15) is 29.3 Å². The van der Waals surface area contributed by atoms with Gasteiger partial charge in [-0.3, -0.25) is 9.44 Å². The largest absolute Gasteiger partial charge is 0.494 e. The molecule has 2 aromatic carbocycles. The van der Waals surface area contributed by atoms with Gasteiger partial charge in [0.25, 0.3) is 0 Å². The third-order valence-corrected chi connectivity index (χ3v) is 6.44. The number of aryl methyl sites for hydroxylation is 1. The van der Waals surface area contributed by atoms with Gasteiger partial charge in [0.05, 0.1) is 12.8 Å². The summed E-state index contributed by atoms with van der Waals surface area (Å²) < 4.78 is 38.5. The maximum atomic E-state index is 10.5. The van der Waals surface area contributed by atoms with Gasteiger partial charge in [0.1, 0.15) is 17.1 Å². The summed E-state index contributed by atoms with van der Waals surface area (Å²) in [5.41, 5.74) is 2.46. The van der Waals surface area contributed by atoms with E-state index in [0.717, 1.165) is 29.5 Å². The van der Waals surface area contributed by atoms with Gasteiger partial charge >= 0.3 is 10.4 Å². The zero-order valence-corrected chi connectivity index (χ0v) is 25.1. The minimum Gasteiger partial charge on any atom is -0.494 e. The van der Waals surface area contributed by atoms with Crippen LogP contribution in [0.1, 0.15) is 12.5 Å². The average molecular weight is 659 g/mol. The molecule has 0 aliphatic heterocycles. The van der Waals surface area contributed by atoms with Gasteiger partial charge in [0, 0.05) is 15.8 Å². The number of nitrogens with one attached hydrogen (secondary N) is 1. The fraction of sp³-hybridized carbons (Fsp3) is 0.182. The van der Waals surface area contributed by atoms with E-state index in [-0.39, 0.29) is 16.7 Å². The molecule has 3 aromatic rings. The summed E-state index contributed by atoms with van der Waals surface area (Å²) in [6.45, 7) is 3.77. The van der Waals surface area contributed by atoms with E-state index in [4.69, 9.17) is 26.8 Å². The molecule has 0 fully saturated rings. The number of aliphatic imine (C=N–C) groups is 1. The highest BCUT2D eigenvalue weighted by atomic mass is 35.5. The molecule has 16 nitrogen and oxygen atoms in total. The second-order valence-corrected chi connectivity index (χ2v) is 10.6. The van der Waals surface area contributed by atoms with Gasteiger partial charge < -0.3 is 20.4 Å². The monoisotopic (exact) mass is 658 g/mol. The first-order valence-corrected chi connectivity index (χ1v) is 14.6. The third kappa shape index (κ3) is 10.9. The van der Waals surface area contributed by atoms with Crippen LogP contribution in [0.25, 0.3) is 0 Å². The minimum absolute atomic E-state index is 0. The Labute approximate surface area is 253 Å². The van der Waals surface area contributed by atoms with Crippen molar-refractivity contribution in [1.29, 1.82) is 0 Å². The lowest BCUT2D eigenvalue weighted by Gasteiger charge is -2.09. The summed E-state index contributed by atoms with van der Waals surface area (Å²) in [7, 11) is -3.31. The average Bonchev–Trinajstić information content (AvgIpc) is 2.91. The summed E-state index contributed by atoms with van der Waals surface area (Å²) in [5, 5.41) is 14.7. The van der Waals surface area contributed by atoms with Crippen LogP contribution in [0.15, 0.2) is 55.6 Å². The number of hydrogen-bond donors (Lipinski definition) is 3. The second kappa shape index (κ2) is 16.6. The Morgan fingerprint density at radius 1 is 1.17 bits per heavy atom. The normalized spacial score (nSPS) is 11.1. The van der Waals surface area contributed by atoms with Crippen LogP contribution in [-0.2, 0) is 24.5 Å². The van der Waals surface area contributed by atoms with E-state index in [9.17, 15) is 8.42 Å². The topological polar surface area (TPSA) is 237 Å². The number of benzene rings is 2. The molecule has 224 valence electrons. The first-order chi connectivity index (χ1) is 19.6. The zero-order valence-electron chi connectivity index (χ0n) is 21.9. The third-order valence-electron chi connectivity index (χ3n) is 4.45. The molecule has 0 radical (unpaired) electrons. The van der Waals surface area contributed by atoms with Crippen LogP contribution in [0.2, 0.25) is 5.28 Å². The predicted molar refractivity (Wildman–Crippen MR) is 157 cm³/mol. The Hall–Kier alpha value is -3.74. The van der Waals surface area contributed by atoms with Crippen molar-refractivity contribution in [1.82, 2.24) is 15.0 Å². The first-order valence-electron chi connectivity index (χ1n) is 11.0. The highest BCUT2D eigenvalue weighted by Gasteiger charge is 2.11. The zero-order chi connectivity index (χ0) is 29.8. The number of aromatic nitrogens is 3. The van der Waals surface area contributed by atoms with E-state index in [1.807, 2.05) is 13.0 Å². The van der Waals surface area contributed by atoms with Gasteiger partial charge in [0.2, 0.25) is 17.6 Å². The Kier molecular flexibility index (Phi) is 13.7. The summed E-state index contributed by atoms with van der Waals surface area (Å²) in [6.07, 6.45) is 3.02. The van der Waals surface area contributed by atoms with E-state index in [1.54, 1.807) is 37.3 Å². The SMILES string of the molecule is CCSc1nc(Cl)nc(Nc2ccc(N=Nc3cc(C)c(SC#COOS(=O)(=O)O)cc3OC)c(N=CON)c2)n1.O. The summed E-state index contributed by atoms with van der Waals surface area (Å²) >= 11 is 8.44. The van der Waals surface area contributed by atoms with Crippen LogP contribution in [0, 0.1) is 18.3 Å². The number of halogens is 1. The van der Waals surface area contributed by atoms with Crippen molar-refractivity contribution in [2.24, 2.45) is 21.1 Å². The molecule has 42 heavy (non-hydrogen) atoms. The Bertz CT molecular complexity index is 1620. The van der Waals surface area contributed by atoms with Crippen LogP contribution in [0.4, 0.5) is 28.7 Å². The Balaban J connectivity index is 0.00000616. The number of methoxy groups -OCH3 is 1. The standard InChI is InChI=1S/C22H21ClN8O7S3.H2O/c1-4-39-22-28-20(23)27-21(29-22)26-14-5-6-15(16(10-14)25-12-36-24)30-31-17-9-13(2)19(11-18(17)35-3)40-8-7-37-38-41(32,33)34;/h5-6,9-12H,4,24H2,1-3H3,(H,32,33,34)(H,26,27,28,29);1H2. The number of rotatable bonds is 12. The Morgan fingerprint density at radius 3 is 2.62 bits per heavy atom. The maximum Gasteiger partial charge on any atom is 0.433 e. The fourth-order valence-electron chi connectivity index (χ4n) is 2.85. The van der Waals surface area contributed by atoms with E-state index in [2.05, 4.69) is 54.8 Å². The van der Waals surface area contributed by atoms with E-state index >= 15 is 0 Å². The molecule has 0 saturated heterocycles. The molecule has 0 bridgehead atoms. The molecule has 20 heteroatoms. The van der Waals surface area contributed by atoms with Gasteiger partial charge in [-0.1, -0.05) is 18.7 Å². The summed E-state index contributed by atoms with van der Waals surface area (Å²) in [4.78, 5) is 25.9. The van der Waals surface area contributed by atoms with Gasteiger partial charge in [0.15, 0.2) is 11.3 Å². The molecule has 0 saturated carbocycles. The molecule has 0 unspecified atom stereocenters. The smallest absolute Gasteiger partial charge is 0.433 e. The number of nitrogens with two attached hydrogens (primary N) is 1. The van der Waals surface area contributed by atoms with Gasteiger partial charge in [-0.25, -0.2) is 4.99 Å². The molecule has 0 amide bonds. The van der Waals surface area contributed by atoms with Crippen LogP contribution in [-0.4, -0.2) is 52.7 Å². The number of nitrogens with zero attached hydrogens (tertiary/aromatic N) is 6. The van der Waals surface area contributed by atoms with Gasteiger partial charge in [-0.15, -0.1) is 10.2 Å². The lowest BCUT2D eigenvalue weighted by Crippen LogP contribution is -2.01. The first kappa shape index (κ1) is 34.5. The molecule has 0 spiro atoms. The van der Waals surface area contributed by atoms with Gasteiger partial charge in [-0.05, 0) is 76.3 Å². The lowest BCUT2D eigenvalue weighted by molar-refractivity contribution is -0.135. The molecular formula is C22H23ClN8O8S3. The van der Waals surface area contributed by atoms with Crippen LogP contribution >= 0.6 is 35.1 Å². The molecule has 0 aliphatic carbocycles. The van der Waals surface area contributed by atoms with Crippen molar-refractivity contribution in [2.45, 2.75) is 23.9 Å². The summed E-state index contributed by atoms with van der Waals surface area (Å²) in [5.74, 6) is 6.50. The van der Waals surface area contributed by atoms with Crippen molar-refractivity contribution >= 4 is 80.6 Å². The second-order valence-electron chi connectivity index (χ2n) is 7.22. The maximum absolute atomic E-state index is 10.5. The quantitative estimate of drug-likeness (QED) is 0.0352. The minimum atomic E-state index is -4.77. The highest BCUT2D eigenvalue weighted by Crippen LogP contribution is 2.38. The Morgan fingerprint density at radius 2 is 1.93 bits per heavy atom. The summed E-state index contributed by atoms with van der Waals surface area (Å²) in [6, 6.07) is 8.40. The van der Waals surface area contributed by atoms with E-state index in [0.29, 0.717) is 38.6 Å². The molecule has 1 heterocycles. The predicted octanol–water partition coefficient (Wildman–Crippen LogP) is 4.60. The fourth-order valence-corrected chi connectivity index (χ4v) is 4.32. The van der Waals surface area contributed by atoms with Crippen LogP contribution < -0.4 is 16.0 Å². The molecule has 6 N–H and O–H groups in total. The van der Waals surface area contributed by atoms with E-state index < -0.39 is 10.4 Å². The lowest BCUT2D eigenvalue weighted by atomic mass is 10.2. The number of hydrogen-bond acceptors (Lipinski definition) is 16. The van der Waals surface area contributed by atoms with E-state index in [1.165, 1.54) is 18.9 Å². The van der Waals surface area contributed by atoms with Crippen molar-refractivity contribution < 1.29 is 37.2 Å². The van der Waals surface area contributed by atoms with Crippen LogP contribution in [0.5, 0.6) is 5.75 Å². The highest BCUT2D eigenvalue weighted by molar-refractivity contribution is 8.04. The molecular weight excluding hydrogens is 636 g/mol. The van der Waals surface area contributed by atoms with Crippen molar-refractivity contribution in [3.8, 4) is 17.1 Å². The number of ether oxygens (including phenoxy) is 1. The van der Waals surface area contributed by atoms with Crippen LogP contribution in [0.3, 0.4) is 0 Å². The number of anilines is 2. The molecule has 3 rings (SSSR count). The molecule has 0 aliphatic rings. The van der Waals surface area contributed by atoms with Crippen molar-refractivity contribution in [3.05, 3.63) is 41.2 Å². The van der Waals surface area contributed by atoms with Crippen molar-refractivity contribution in [2.75, 3.05) is 18.2 Å².